The molecule has 130 valence electrons. The van der Waals surface area contributed by atoms with Gasteiger partial charge in [0.15, 0.2) is 0 Å². The zero-order valence-electron chi connectivity index (χ0n) is 13.3. The molecule has 0 unspecified atom stereocenters. The Hall–Kier alpha value is -3.42. The summed E-state index contributed by atoms with van der Waals surface area (Å²) in [4.78, 5) is 11.9. The lowest BCUT2D eigenvalue weighted by Gasteiger charge is -2.08. The second-order valence-electron chi connectivity index (χ2n) is 5.69. The highest BCUT2D eigenvalue weighted by atomic mass is 19.4. The highest BCUT2D eigenvalue weighted by Crippen LogP contribution is 2.29. The molecule has 4 aromatic heterocycles. The number of hydrogen-bond donors (Lipinski definition) is 1. The molecule has 0 saturated carbocycles. The van der Waals surface area contributed by atoms with Crippen molar-refractivity contribution in [1.29, 1.82) is 0 Å². The van der Waals surface area contributed by atoms with Gasteiger partial charge in [-0.25, -0.2) is 9.97 Å². The highest BCUT2D eigenvalue weighted by molar-refractivity contribution is 5.68. The van der Waals surface area contributed by atoms with Gasteiger partial charge in [0.05, 0.1) is 11.9 Å². The largest absolute Gasteiger partial charge is 0.433 e. The van der Waals surface area contributed by atoms with Crippen LogP contribution >= 0.6 is 0 Å². The van der Waals surface area contributed by atoms with E-state index in [4.69, 9.17) is 5.73 Å². The van der Waals surface area contributed by atoms with Crippen LogP contribution in [-0.2, 0) is 6.18 Å². The molecule has 2 N–H and O–H groups in total. The zero-order valence-corrected chi connectivity index (χ0v) is 13.3. The second-order valence-corrected chi connectivity index (χ2v) is 5.69. The summed E-state index contributed by atoms with van der Waals surface area (Å²) in [6.45, 7) is 0. The van der Waals surface area contributed by atoms with Gasteiger partial charge in [-0.05, 0) is 30.3 Å². The molecular weight excluding hydrogens is 343 g/mol. The van der Waals surface area contributed by atoms with Crippen molar-refractivity contribution in [2.75, 3.05) is 5.73 Å². The molecule has 0 bridgehead atoms. The number of nitrogen functional groups attached to an aromatic ring is 1. The van der Waals surface area contributed by atoms with Gasteiger partial charge in [-0.1, -0.05) is 6.07 Å². The van der Waals surface area contributed by atoms with E-state index in [2.05, 4.69) is 15.0 Å². The molecule has 0 aliphatic carbocycles. The Morgan fingerprint density at radius 1 is 0.769 bits per heavy atom. The minimum Gasteiger partial charge on any atom is -0.384 e. The fourth-order valence-electron chi connectivity index (χ4n) is 2.65. The number of rotatable bonds is 2. The van der Waals surface area contributed by atoms with Crippen molar-refractivity contribution in [3.8, 4) is 22.4 Å². The Bertz CT molecular complexity index is 1070. The van der Waals surface area contributed by atoms with Gasteiger partial charge in [0, 0.05) is 35.3 Å². The van der Waals surface area contributed by atoms with E-state index in [0.717, 1.165) is 22.9 Å². The van der Waals surface area contributed by atoms with E-state index in [1.165, 1.54) is 12.3 Å². The molecule has 4 rings (SSSR count). The summed E-state index contributed by atoms with van der Waals surface area (Å²) in [6, 6.07) is 9.48. The number of hydrogen-bond acceptors (Lipinski definition) is 4. The monoisotopic (exact) mass is 355 g/mol. The summed E-state index contributed by atoms with van der Waals surface area (Å²) < 4.78 is 39.9. The topological polar surface area (TPSA) is 69.1 Å². The summed E-state index contributed by atoms with van der Waals surface area (Å²) in [5.74, 6) is 0.416. The Morgan fingerprint density at radius 3 is 2.15 bits per heavy atom. The second kappa shape index (κ2) is 5.83. The fraction of sp³-hybridized carbons (Fsp3) is 0.0556. The predicted molar refractivity (Wildman–Crippen MR) is 91.1 cm³/mol. The lowest BCUT2D eigenvalue weighted by Crippen LogP contribution is -2.07. The summed E-state index contributed by atoms with van der Waals surface area (Å²) in [6.07, 6.45) is 1.91. The smallest absolute Gasteiger partial charge is 0.384 e. The van der Waals surface area contributed by atoms with Gasteiger partial charge in [0.25, 0.3) is 0 Å². The van der Waals surface area contributed by atoms with Crippen LogP contribution in [0, 0.1) is 0 Å². The van der Waals surface area contributed by atoms with Crippen molar-refractivity contribution in [3.63, 3.8) is 0 Å². The lowest BCUT2D eigenvalue weighted by molar-refractivity contribution is -0.141. The number of anilines is 1. The minimum atomic E-state index is -4.46. The first-order chi connectivity index (χ1) is 12.4. The third kappa shape index (κ3) is 2.85. The number of pyridine rings is 3. The van der Waals surface area contributed by atoms with Gasteiger partial charge in [0.2, 0.25) is 0 Å². The van der Waals surface area contributed by atoms with Gasteiger partial charge in [-0.15, -0.1) is 0 Å². The van der Waals surface area contributed by atoms with Gasteiger partial charge in [-0.3, -0.25) is 9.38 Å². The number of aromatic nitrogens is 4. The average molecular weight is 355 g/mol. The molecule has 0 saturated heterocycles. The molecule has 0 fully saturated rings. The minimum absolute atomic E-state index is 0.416. The standard InChI is InChI=1S/C18H12F3N5/c19-18(20,21)15-4-1-11(7-23-15)13-3-6-17-25-9-14(26(17)10-13)12-2-5-16(22)24-8-12/h1-10H,(H2,22,24). The van der Waals surface area contributed by atoms with Gasteiger partial charge in [0.1, 0.15) is 17.2 Å². The maximum atomic E-state index is 12.7. The molecule has 4 heterocycles. The Morgan fingerprint density at radius 2 is 1.50 bits per heavy atom. The Balaban J connectivity index is 1.78. The summed E-state index contributed by atoms with van der Waals surface area (Å²) in [5, 5.41) is 0. The molecule has 5 nitrogen and oxygen atoms in total. The first kappa shape index (κ1) is 16.1. The summed E-state index contributed by atoms with van der Waals surface area (Å²) in [5.41, 5.74) is 8.34. The first-order valence-corrected chi connectivity index (χ1v) is 7.64. The number of imidazole rings is 1. The Kier molecular flexibility index (Phi) is 3.61. The summed E-state index contributed by atoms with van der Waals surface area (Å²) in [7, 11) is 0. The van der Waals surface area contributed by atoms with Crippen molar-refractivity contribution in [2.24, 2.45) is 0 Å². The zero-order chi connectivity index (χ0) is 18.3. The van der Waals surface area contributed by atoms with E-state index in [9.17, 15) is 13.2 Å². The molecule has 0 radical (unpaired) electrons. The van der Waals surface area contributed by atoms with Gasteiger partial charge >= 0.3 is 6.18 Å². The van der Waals surface area contributed by atoms with E-state index >= 15 is 0 Å². The molecule has 0 atom stereocenters. The molecule has 26 heavy (non-hydrogen) atoms. The van der Waals surface area contributed by atoms with Crippen LogP contribution < -0.4 is 5.73 Å². The molecule has 0 aromatic carbocycles. The van der Waals surface area contributed by atoms with Gasteiger partial charge in [-0.2, -0.15) is 13.2 Å². The molecule has 0 aliphatic rings. The van der Waals surface area contributed by atoms with Crippen molar-refractivity contribution >= 4 is 11.5 Å². The van der Waals surface area contributed by atoms with E-state index in [-0.39, 0.29) is 0 Å². The van der Waals surface area contributed by atoms with E-state index < -0.39 is 11.9 Å². The number of halogens is 3. The number of alkyl halides is 3. The van der Waals surface area contributed by atoms with Crippen LogP contribution in [-0.4, -0.2) is 19.4 Å². The summed E-state index contributed by atoms with van der Waals surface area (Å²) >= 11 is 0. The van der Waals surface area contributed by atoms with Crippen LogP contribution in [0.1, 0.15) is 5.69 Å². The van der Waals surface area contributed by atoms with Crippen molar-refractivity contribution in [3.05, 3.63) is 66.9 Å². The van der Waals surface area contributed by atoms with Crippen molar-refractivity contribution in [1.82, 2.24) is 19.4 Å². The van der Waals surface area contributed by atoms with Crippen LogP contribution in [0.25, 0.3) is 28.0 Å². The van der Waals surface area contributed by atoms with Crippen molar-refractivity contribution in [2.45, 2.75) is 6.18 Å². The molecule has 8 heteroatoms. The van der Waals surface area contributed by atoms with Crippen LogP contribution in [0.3, 0.4) is 0 Å². The van der Waals surface area contributed by atoms with E-state index in [1.54, 1.807) is 36.8 Å². The van der Waals surface area contributed by atoms with Crippen LogP contribution in [0.5, 0.6) is 0 Å². The van der Waals surface area contributed by atoms with E-state index in [1.807, 2.05) is 10.5 Å². The molecule has 0 amide bonds. The van der Waals surface area contributed by atoms with Crippen molar-refractivity contribution < 1.29 is 13.2 Å². The average Bonchev–Trinajstić information content (AvgIpc) is 3.05. The van der Waals surface area contributed by atoms with Crippen LogP contribution in [0.4, 0.5) is 19.0 Å². The fourth-order valence-corrected chi connectivity index (χ4v) is 2.65. The maximum absolute atomic E-state index is 12.7. The van der Waals surface area contributed by atoms with Crippen LogP contribution in [0.2, 0.25) is 0 Å². The number of nitrogens with two attached hydrogens (primary N) is 1. The quantitative estimate of drug-likeness (QED) is 0.589. The first-order valence-electron chi connectivity index (χ1n) is 7.64. The molecule has 0 spiro atoms. The number of nitrogens with zero attached hydrogens (tertiary/aromatic N) is 4. The predicted octanol–water partition coefficient (Wildman–Crippen LogP) is 4.06. The third-order valence-electron chi connectivity index (χ3n) is 3.97. The SMILES string of the molecule is Nc1ccc(-c2cnc3ccc(-c4ccc(C(F)(F)F)nc4)cn23)cn1. The molecular formula is C18H12F3N5. The Labute approximate surface area is 146 Å². The molecule has 4 aromatic rings. The highest BCUT2D eigenvalue weighted by Gasteiger charge is 2.32. The maximum Gasteiger partial charge on any atom is 0.433 e. The third-order valence-corrected chi connectivity index (χ3v) is 3.97. The lowest BCUT2D eigenvalue weighted by atomic mass is 10.1. The van der Waals surface area contributed by atoms with E-state index in [0.29, 0.717) is 17.0 Å². The number of fused-ring (bicyclic) bond motifs is 1. The normalized spacial score (nSPS) is 11.8. The van der Waals surface area contributed by atoms with Gasteiger partial charge < -0.3 is 5.73 Å². The van der Waals surface area contributed by atoms with Crippen LogP contribution in [0.15, 0.2) is 61.2 Å². The molecule has 0 aliphatic heterocycles.